The van der Waals surface area contributed by atoms with Crippen LogP contribution in [0, 0.1) is 0 Å². The Morgan fingerprint density at radius 1 is 1.69 bits per heavy atom. The Morgan fingerprint density at radius 3 is 3.00 bits per heavy atom. The summed E-state index contributed by atoms with van der Waals surface area (Å²) in [6.07, 6.45) is 1.02. The van der Waals surface area contributed by atoms with E-state index in [1.807, 2.05) is 0 Å². The van der Waals surface area contributed by atoms with Crippen molar-refractivity contribution in [1.82, 2.24) is 15.5 Å². The number of nitrogens with one attached hydrogen (secondary N) is 1. The van der Waals surface area contributed by atoms with Crippen molar-refractivity contribution in [2.24, 2.45) is 5.73 Å². The lowest BCUT2D eigenvalue weighted by atomic mass is 10.5. The molecule has 0 aliphatic rings. The first-order valence-corrected chi connectivity index (χ1v) is 4.07. The Bertz CT molecular complexity index is 284. The summed E-state index contributed by atoms with van der Waals surface area (Å²) in [4.78, 5) is 14.3. The van der Waals surface area contributed by atoms with Crippen LogP contribution in [0.5, 0.6) is 0 Å². The summed E-state index contributed by atoms with van der Waals surface area (Å²) in [7, 11) is 0. The highest BCUT2D eigenvalue weighted by atomic mass is 16.5. The van der Waals surface area contributed by atoms with Gasteiger partial charge in [0.05, 0.1) is 6.54 Å². The molecule has 6 heteroatoms. The van der Waals surface area contributed by atoms with E-state index in [1.54, 1.807) is 0 Å². The maximum absolute atomic E-state index is 10.6. The zero-order valence-corrected chi connectivity index (χ0v) is 7.41. The van der Waals surface area contributed by atoms with Crippen LogP contribution in [0.2, 0.25) is 0 Å². The number of hydrogen-bond donors (Lipinski definition) is 2. The largest absolute Gasteiger partial charge is 0.363 e. The average molecular weight is 184 g/mol. The van der Waals surface area contributed by atoms with E-state index in [0.29, 0.717) is 12.4 Å². The first-order valence-electron chi connectivity index (χ1n) is 4.07. The quantitative estimate of drug-likeness (QED) is 0.611. The average Bonchev–Trinajstić information content (AvgIpc) is 2.53. The zero-order chi connectivity index (χ0) is 9.68. The molecular weight excluding hydrogens is 172 g/mol. The SMILES string of the molecule is CCCNCc1nc(C(N)=O)no1. The lowest BCUT2D eigenvalue weighted by molar-refractivity contribution is 0.0987. The number of carbonyl (C=O) groups excluding carboxylic acids is 1. The van der Waals surface area contributed by atoms with Crippen molar-refractivity contribution in [3.63, 3.8) is 0 Å². The summed E-state index contributed by atoms with van der Waals surface area (Å²) >= 11 is 0. The zero-order valence-electron chi connectivity index (χ0n) is 7.41. The van der Waals surface area contributed by atoms with Crippen LogP contribution in [-0.4, -0.2) is 22.6 Å². The smallest absolute Gasteiger partial charge is 0.290 e. The van der Waals surface area contributed by atoms with E-state index >= 15 is 0 Å². The number of aromatic nitrogens is 2. The predicted molar refractivity (Wildman–Crippen MR) is 44.8 cm³/mol. The van der Waals surface area contributed by atoms with E-state index in [4.69, 9.17) is 10.3 Å². The maximum Gasteiger partial charge on any atom is 0.290 e. The van der Waals surface area contributed by atoms with Gasteiger partial charge in [-0.1, -0.05) is 12.1 Å². The molecule has 1 aromatic heterocycles. The van der Waals surface area contributed by atoms with Crippen LogP contribution in [0.1, 0.15) is 29.9 Å². The highest BCUT2D eigenvalue weighted by molar-refractivity contribution is 5.88. The van der Waals surface area contributed by atoms with E-state index < -0.39 is 5.91 Å². The van der Waals surface area contributed by atoms with Crippen LogP contribution in [0.3, 0.4) is 0 Å². The summed E-state index contributed by atoms with van der Waals surface area (Å²) < 4.78 is 4.75. The standard InChI is InChI=1S/C7H12N4O2/c1-2-3-9-4-5-10-7(6(8)12)11-13-5/h9H,2-4H2,1H3,(H2,8,12). The molecule has 0 saturated heterocycles. The monoisotopic (exact) mass is 184 g/mol. The molecular formula is C7H12N4O2. The van der Waals surface area contributed by atoms with Crippen molar-refractivity contribution in [3.05, 3.63) is 11.7 Å². The van der Waals surface area contributed by atoms with Crippen LogP contribution in [-0.2, 0) is 6.54 Å². The van der Waals surface area contributed by atoms with Gasteiger partial charge in [0.2, 0.25) is 5.89 Å². The Labute approximate surface area is 75.5 Å². The third kappa shape index (κ3) is 2.83. The van der Waals surface area contributed by atoms with E-state index in [2.05, 4.69) is 22.4 Å². The fraction of sp³-hybridized carbons (Fsp3) is 0.571. The summed E-state index contributed by atoms with van der Waals surface area (Å²) in [5, 5.41) is 6.45. The molecule has 1 heterocycles. The number of amides is 1. The predicted octanol–water partition coefficient (Wildman–Crippen LogP) is -0.332. The molecule has 72 valence electrons. The van der Waals surface area contributed by atoms with Gasteiger partial charge in [-0.3, -0.25) is 4.79 Å². The van der Waals surface area contributed by atoms with Gasteiger partial charge >= 0.3 is 0 Å². The van der Waals surface area contributed by atoms with Gasteiger partial charge in [0.15, 0.2) is 0 Å². The third-order valence-corrected chi connectivity index (χ3v) is 1.39. The van der Waals surface area contributed by atoms with Gasteiger partial charge in [-0.15, -0.1) is 0 Å². The molecule has 6 nitrogen and oxygen atoms in total. The number of hydrogen-bond acceptors (Lipinski definition) is 5. The molecule has 1 aromatic rings. The number of nitrogens with zero attached hydrogens (tertiary/aromatic N) is 2. The molecule has 0 fully saturated rings. The molecule has 13 heavy (non-hydrogen) atoms. The second kappa shape index (κ2) is 4.56. The summed E-state index contributed by atoms with van der Waals surface area (Å²) in [6, 6.07) is 0. The minimum absolute atomic E-state index is 0.0756. The Kier molecular flexibility index (Phi) is 3.39. The van der Waals surface area contributed by atoms with E-state index in [1.165, 1.54) is 0 Å². The summed E-state index contributed by atoms with van der Waals surface area (Å²) in [6.45, 7) is 3.39. The van der Waals surface area contributed by atoms with Gasteiger partial charge in [-0.25, -0.2) is 0 Å². The van der Waals surface area contributed by atoms with Gasteiger partial charge in [-0.05, 0) is 13.0 Å². The van der Waals surface area contributed by atoms with Gasteiger partial charge in [-0.2, -0.15) is 4.98 Å². The summed E-state index contributed by atoms with van der Waals surface area (Å²) in [5.41, 5.74) is 4.94. The van der Waals surface area contributed by atoms with E-state index in [0.717, 1.165) is 13.0 Å². The molecule has 0 bridgehead atoms. The van der Waals surface area contributed by atoms with Crippen molar-refractivity contribution in [2.75, 3.05) is 6.54 Å². The molecule has 1 rings (SSSR count). The molecule has 1 amide bonds. The molecule has 0 aromatic carbocycles. The topological polar surface area (TPSA) is 94.0 Å². The fourth-order valence-corrected chi connectivity index (χ4v) is 0.799. The summed E-state index contributed by atoms with van der Waals surface area (Å²) in [5.74, 6) is -0.374. The number of rotatable bonds is 5. The third-order valence-electron chi connectivity index (χ3n) is 1.39. The Balaban J connectivity index is 2.44. The highest BCUT2D eigenvalue weighted by Gasteiger charge is 2.09. The van der Waals surface area contributed by atoms with Crippen LogP contribution >= 0.6 is 0 Å². The Morgan fingerprint density at radius 2 is 2.46 bits per heavy atom. The van der Waals surface area contributed by atoms with Gasteiger partial charge in [0.25, 0.3) is 11.7 Å². The molecule has 0 aliphatic heterocycles. The number of primary amides is 1. The van der Waals surface area contributed by atoms with Gasteiger partial charge < -0.3 is 15.6 Å². The van der Waals surface area contributed by atoms with Crippen molar-refractivity contribution in [1.29, 1.82) is 0 Å². The fourth-order valence-electron chi connectivity index (χ4n) is 0.799. The van der Waals surface area contributed by atoms with E-state index in [-0.39, 0.29) is 5.82 Å². The number of nitrogens with two attached hydrogens (primary N) is 1. The maximum atomic E-state index is 10.6. The second-order valence-corrected chi connectivity index (χ2v) is 2.55. The minimum Gasteiger partial charge on any atom is -0.363 e. The van der Waals surface area contributed by atoms with E-state index in [9.17, 15) is 4.79 Å². The molecule has 0 atom stereocenters. The van der Waals surface area contributed by atoms with Crippen molar-refractivity contribution >= 4 is 5.91 Å². The molecule has 3 N–H and O–H groups in total. The minimum atomic E-state index is -0.675. The molecule has 0 spiro atoms. The van der Waals surface area contributed by atoms with Gasteiger partial charge in [0.1, 0.15) is 0 Å². The van der Waals surface area contributed by atoms with Crippen molar-refractivity contribution in [2.45, 2.75) is 19.9 Å². The van der Waals surface area contributed by atoms with Crippen LogP contribution in [0.4, 0.5) is 0 Å². The van der Waals surface area contributed by atoms with Crippen LogP contribution in [0.15, 0.2) is 4.52 Å². The lowest BCUT2D eigenvalue weighted by Crippen LogP contribution is -2.15. The highest BCUT2D eigenvalue weighted by Crippen LogP contribution is 1.95. The van der Waals surface area contributed by atoms with Crippen LogP contribution < -0.4 is 11.1 Å². The molecule has 0 radical (unpaired) electrons. The van der Waals surface area contributed by atoms with Gasteiger partial charge in [0, 0.05) is 0 Å². The van der Waals surface area contributed by atoms with Crippen LogP contribution in [0.25, 0.3) is 0 Å². The number of carbonyl (C=O) groups is 1. The molecule has 0 saturated carbocycles. The first kappa shape index (κ1) is 9.66. The molecule has 0 aliphatic carbocycles. The lowest BCUT2D eigenvalue weighted by Gasteiger charge is -1.95. The Hall–Kier alpha value is -1.43. The van der Waals surface area contributed by atoms with Crippen molar-refractivity contribution < 1.29 is 9.32 Å². The molecule has 0 unspecified atom stereocenters. The first-order chi connectivity index (χ1) is 6.24. The second-order valence-electron chi connectivity index (χ2n) is 2.55. The normalized spacial score (nSPS) is 10.2. The van der Waals surface area contributed by atoms with Crippen molar-refractivity contribution in [3.8, 4) is 0 Å².